The second-order valence-electron chi connectivity index (χ2n) is 3.31. The number of alkyl halides is 1. The highest BCUT2D eigenvalue weighted by molar-refractivity contribution is 9.09. The van der Waals surface area contributed by atoms with E-state index >= 15 is 0 Å². The first-order valence-electron chi connectivity index (χ1n) is 5.38. The molecule has 0 heterocycles. The second-order valence-corrected chi connectivity index (χ2v) is 4.10. The molecular formula is C12H18BrNO. The van der Waals surface area contributed by atoms with Gasteiger partial charge in [-0.2, -0.15) is 0 Å². The molecule has 1 N–H and O–H groups in total. The zero-order chi connectivity index (χ0) is 10.8. The van der Waals surface area contributed by atoms with Crippen molar-refractivity contribution in [3.05, 3.63) is 30.3 Å². The van der Waals surface area contributed by atoms with Crippen LogP contribution in [0.1, 0.15) is 12.8 Å². The first-order chi connectivity index (χ1) is 7.43. The number of rotatable bonds is 8. The molecule has 0 radical (unpaired) electrons. The van der Waals surface area contributed by atoms with E-state index in [0.29, 0.717) is 0 Å². The fraction of sp³-hybridized carbons (Fsp3) is 0.500. The average molecular weight is 272 g/mol. The van der Waals surface area contributed by atoms with Crippen LogP contribution in [0, 0.1) is 0 Å². The van der Waals surface area contributed by atoms with Crippen LogP contribution in [0.4, 0.5) is 0 Å². The van der Waals surface area contributed by atoms with E-state index in [4.69, 9.17) is 4.74 Å². The monoisotopic (exact) mass is 271 g/mol. The van der Waals surface area contributed by atoms with Gasteiger partial charge in [-0.15, -0.1) is 0 Å². The van der Waals surface area contributed by atoms with Gasteiger partial charge in [0.15, 0.2) is 0 Å². The molecule has 0 atom stereocenters. The summed E-state index contributed by atoms with van der Waals surface area (Å²) in [5.74, 6) is 0.956. The first kappa shape index (κ1) is 12.5. The van der Waals surface area contributed by atoms with Crippen LogP contribution < -0.4 is 10.1 Å². The largest absolute Gasteiger partial charge is 0.494 e. The standard InChI is InChI=1S/C12H18BrNO/c13-8-4-9-14-10-5-11-15-12-6-2-1-3-7-12/h1-3,6-7,14H,4-5,8-11H2. The molecule has 1 aromatic carbocycles. The zero-order valence-electron chi connectivity index (χ0n) is 8.92. The van der Waals surface area contributed by atoms with Crippen molar-refractivity contribution in [2.45, 2.75) is 12.8 Å². The zero-order valence-corrected chi connectivity index (χ0v) is 10.5. The minimum atomic E-state index is 0.783. The van der Waals surface area contributed by atoms with Gasteiger partial charge in [0.2, 0.25) is 0 Å². The summed E-state index contributed by atoms with van der Waals surface area (Å²) in [4.78, 5) is 0. The van der Waals surface area contributed by atoms with E-state index in [1.54, 1.807) is 0 Å². The Kier molecular flexibility index (Phi) is 7.30. The lowest BCUT2D eigenvalue weighted by atomic mass is 10.3. The first-order valence-corrected chi connectivity index (χ1v) is 6.50. The average Bonchev–Trinajstić information content (AvgIpc) is 2.29. The van der Waals surface area contributed by atoms with Crippen LogP contribution in [0.5, 0.6) is 5.75 Å². The molecule has 0 aliphatic heterocycles. The van der Waals surface area contributed by atoms with Gasteiger partial charge in [0.1, 0.15) is 5.75 Å². The van der Waals surface area contributed by atoms with Crippen LogP contribution in [-0.2, 0) is 0 Å². The number of benzene rings is 1. The molecule has 0 saturated carbocycles. The molecule has 2 nitrogen and oxygen atoms in total. The predicted octanol–water partition coefficient (Wildman–Crippen LogP) is 2.83. The van der Waals surface area contributed by atoms with Gasteiger partial charge < -0.3 is 10.1 Å². The van der Waals surface area contributed by atoms with Crippen LogP contribution in [0.2, 0.25) is 0 Å². The number of hydrogen-bond acceptors (Lipinski definition) is 2. The fourth-order valence-electron chi connectivity index (χ4n) is 1.22. The maximum absolute atomic E-state index is 5.56. The molecule has 15 heavy (non-hydrogen) atoms. The smallest absolute Gasteiger partial charge is 0.119 e. The van der Waals surface area contributed by atoms with E-state index in [1.165, 1.54) is 6.42 Å². The van der Waals surface area contributed by atoms with Gasteiger partial charge in [0.25, 0.3) is 0 Å². The molecule has 3 heteroatoms. The van der Waals surface area contributed by atoms with Gasteiger partial charge in [-0.1, -0.05) is 34.1 Å². The number of ether oxygens (including phenoxy) is 1. The van der Waals surface area contributed by atoms with Crippen LogP contribution in [0.15, 0.2) is 30.3 Å². The van der Waals surface area contributed by atoms with E-state index in [9.17, 15) is 0 Å². The van der Waals surface area contributed by atoms with Crippen LogP contribution in [0.25, 0.3) is 0 Å². The Morgan fingerprint density at radius 3 is 2.53 bits per heavy atom. The Morgan fingerprint density at radius 2 is 1.80 bits per heavy atom. The number of nitrogens with one attached hydrogen (secondary N) is 1. The Labute approximate surface area is 100 Å². The predicted molar refractivity (Wildman–Crippen MR) is 67.8 cm³/mol. The van der Waals surface area contributed by atoms with Crippen LogP contribution in [-0.4, -0.2) is 25.0 Å². The molecular weight excluding hydrogens is 254 g/mol. The number of para-hydroxylation sites is 1. The minimum absolute atomic E-state index is 0.783. The maximum Gasteiger partial charge on any atom is 0.119 e. The normalized spacial score (nSPS) is 10.2. The second kappa shape index (κ2) is 8.74. The maximum atomic E-state index is 5.56. The third-order valence-corrected chi connectivity index (χ3v) is 2.56. The summed E-state index contributed by atoms with van der Waals surface area (Å²) < 4.78 is 5.56. The van der Waals surface area contributed by atoms with E-state index in [-0.39, 0.29) is 0 Å². The lowest BCUT2D eigenvalue weighted by molar-refractivity contribution is 0.308. The molecule has 84 valence electrons. The minimum Gasteiger partial charge on any atom is -0.494 e. The molecule has 0 saturated heterocycles. The summed E-state index contributed by atoms with van der Waals surface area (Å²) >= 11 is 3.40. The summed E-state index contributed by atoms with van der Waals surface area (Å²) in [6.45, 7) is 2.89. The third-order valence-electron chi connectivity index (χ3n) is 2.00. The molecule has 0 amide bonds. The van der Waals surface area contributed by atoms with Crippen molar-refractivity contribution in [2.24, 2.45) is 0 Å². The molecule has 0 aliphatic rings. The van der Waals surface area contributed by atoms with Gasteiger partial charge in [-0.05, 0) is 38.1 Å². The Morgan fingerprint density at radius 1 is 1.07 bits per heavy atom. The molecule has 0 aliphatic carbocycles. The van der Waals surface area contributed by atoms with E-state index in [1.807, 2.05) is 30.3 Å². The molecule has 0 spiro atoms. The highest BCUT2D eigenvalue weighted by Gasteiger charge is 1.91. The van der Waals surface area contributed by atoms with Crippen molar-refractivity contribution in [2.75, 3.05) is 25.0 Å². The lowest BCUT2D eigenvalue weighted by Crippen LogP contribution is -2.18. The fourth-order valence-corrected chi connectivity index (χ4v) is 1.50. The summed E-state index contributed by atoms with van der Waals surface area (Å²) in [7, 11) is 0. The Bertz CT molecular complexity index is 241. The van der Waals surface area contributed by atoms with Crippen molar-refractivity contribution in [1.29, 1.82) is 0 Å². The third kappa shape index (κ3) is 6.52. The van der Waals surface area contributed by atoms with Gasteiger partial charge >= 0.3 is 0 Å². The van der Waals surface area contributed by atoms with Gasteiger partial charge in [0, 0.05) is 5.33 Å². The van der Waals surface area contributed by atoms with E-state index in [0.717, 1.165) is 37.2 Å². The highest BCUT2D eigenvalue weighted by Crippen LogP contribution is 2.07. The van der Waals surface area contributed by atoms with Crippen molar-refractivity contribution in [1.82, 2.24) is 5.32 Å². The highest BCUT2D eigenvalue weighted by atomic mass is 79.9. The van der Waals surface area contributed by atoms with E-state index in [2.05, 4.69) is 21.2 Å². The summed E-state index contributed by atoms with van der Waals surface area (Å²) in [6, 6.07) is 9.94. The molecule has 1 rings (SSSR count). The quantitative estimate of drug-likeness (QED) is 0.580. The SMILES string of the molecule is BrCCCNCCCOc1ccccc1. The summed E-state index contributed by atoms with van der Waals surface area (Å²) in [6.07, 6.45) is 2.23. The Balaban J connectivity index is 1.93. The topological polar surface area (TPSA) is 21.3 Å². The number of halogens is 1. The van der Waals surface area contributed by atoms with Crippen LogP contribution >= 0.6 is 15.9 Å². The molecule has 0 fully saturated rings. The van der Waals surface area contributed by atoms with Crippen molar-refractivity contribution >= 4 is 15.9 Å². The molecule has 0 aromatic heterocycles. The summed E-state index contributed by atoms with van der Waals surface area (Å²) in [5, 5.41) is 4.43. The van der Waals surface area contributed by atoms with Gasteiger partial charge in [0.05, 0.1) is 6.61 Å². The molecule has 0 unspecified atom stereocenters. The summed E-state index contributed by atoms with van der Waals surface area (Å²) in [5.41, 5.74) is 0. The van der Waals surface area contributed by atoms with E-state index < -0.39 is 0 Å². The van der Waals surface area contributed by atoms with Gasteiger partial charge in [-0.25, -0.2) is 0 Å². The molecule has 0 bridgehead atoms. The number of hydrogen-bond donors (Lipinski definition) is 1. The van der Waals surface area contributed by atoms with Gasteiger partial charge in [-0.3, -0.25) is 0 Å². The van der Waals surface area contributed by atoms with Crippen molar-refractivity contribution in [3.8, 4) is 5.75 Å². The molecule has 1 aromatic rings. The van der Waals surface area contributed by atoms with Crippen molar-refractivity contribution < 1.29 is 4.74 Å². The lowest BCUT2D eigenvalue weighted by Gasteiger charge is -2.06. The Hall–Kier alpha value is -0.540. The van der Waals surface area contributed by atoms with Crippen molar-refractivity contribution in [3.63, 3.8) is 0 Å². The van der Waals surface area contributed by atoms with Crippen LogP contribution in [0.3, 0.4) is 0 Å².